The summed E-state index contributed by atoms with van der Waals surface area (Å²) in [6.45, 7) is 0. The maximum atomic E-state index is 12.4. The van der Waals surface area contributed by atoms with Crippen LogP contribution in [0.25, 0.3) is 0 Å². The average molecular weight is 430 g/mol. The minimum absolute atomic E-state index is 0.0428. The van der Waals surface area contributed by atoms with Gasteiger partial charge in [0.15, 0.2) is 0 Å². The van der Waals surface area contributed by atoms with Crippen molar-refractivity contribution in [2.45, 2.75) is 24.9 Å². The van der Waals surface area contributed by atoms with Crippen LogP contribution >= 0.6 is 15.9 Å². The van der Waals surface area contributed by atoms with E-state index in [0.29, 0.717) is 6.42 Å². The van der Waals surface area contributed by atoms with Gasteiger partial charge in [-0.2, -0.15) is 0 Å². The highest BCUT2D eigenvalue weighted by Gasteiger charge is 2.32. The molecule has 1 fully saturated rings. The van der Waals surface area contributed by atoms with E-state index >= 15 is 0 Å². The summed E-state index contributed by atoms with van der Waals surface area (Å²) in [6, 6.07) is 12.3. The lowest BCUT2D eigenvalue weighted by molar-refractivity contribution is -0.274. The van der Waals surface area contributed by atoms with Crippen molar-refractivity contribution < 1.29 is 22.7 Å². The number of carbonyl (C=O) groups excluding carboxylic acids is 1. The molecule has 26 heavy (non-hydrogen) atoms. The Morgan fingerprint density at radius 2 is 1.88 bits per heavy atom. The lowest BCUT2D eigenvalue weighted by Crippen LogP contribution is -2.39. The van der Waals surface area contributed by atoms with Gasteiger partial charge < -0.3 is 10.1 Å². The Labute approximate surface area is 156 Å². The standard InChI is InChI=1S/C17H15BrF3N3O2/c18-11-6-4-10(5-7-11)14-9-15(24-23-14)16(25)22-12-2-1-3-13(8-12)26-17(19,20)21/h1-8,14-15,23-24H,9H2,(H,22,25). The molecule has 2 aromatic rings. The number of rotatable bonds is 4. The van der Waals surface area contributed by atoms with E-state index in [1.165, 1.54) is 18.2 Å². The van der Waals surface area contributed by atoms with E-state index in [1.54, 1.807) is 0 Å². The van der Waals surface area contributed by atoms with Crippen molar-refractivity contribution in [3.8, 4) is 5.75 Å². The third-order valence-electron chi connectivity index (χ3n) is 3.83. The largest absolute Gasteiger partial charge is 0.573 e. The molecule has 1 aliphatic rings. The topological polar surface area (TPSA) is 62.4 Å². The van der Waals surface area contributed by atoms with Crippen LogP contribution in [-0.4, -0.2) is 18.3 Å². The molecule has 2 aromatic carbocycles. The molecule has 0 saturated carbocycles. The molecule has 0 aliphatic carbocycles. The molecule has 3 rings (SSSR count). The van der Waals surface area contributed by atoms with E-state index in [0.717, 1.165) is 16.1 Å². The second kappa shape index (κ2) is 7.65. The van der Waals surface area contributed by atoms with Crippen molar-refractivity contribution in [2.24, 2.45) is 0 Å². The zero-order valence-electron chi connectivity index (χ0n) is 13.3. The van der Waals surface area contributed by atoms with E-state index in [2.05, 4.69) is 36.8 Å². The summed E-state index contributed by atoms with van der Waals surface area (Å²) in [4.78, 5) is 12.4. The van der Waals surface area contributed by atoms with Gasteiger partial charge in [0, 0.05) is 22.3 Å². The van der Waals surface area contributed by atoms with Crippen LogP contribution in [0.15, 0.2) is 53.0 Å². The number of halogens is 4. The highest BCUT2D eigenvalue weighted by atomic mass is 79.9. The Balaban J connectivity index is 1.60. The van der Waals surface area contributed by atoms with E-state index in [1.807, 2.05) is 24.3 Å². The first-order valence-corrected chi connectivity index (χ1v) is 8.53. The Hall–Kier alpha value is -2.10. The summed E-state index contributed by atoms with van der Waals surface area (Å²) >= 11 is 3.37. The van der Waals surface area contributed by atoms with E-state index in [9.17, 15) is 18.0 Å². The Morgan fingerprint density at radius 3 is 2.58 bits per heavy atom. The van der Waals surface area contributed by atoms with Gasteiger partial charge in [-0.05, 0) is 36.2 Å². The highest BCUT2D eigenvalue weighted by molar-refractivity contribution is 9.10. The molecule has 5 nitrogen and oxygen atoms in total. The number of anilines is 1. The molecule has 2 atom stereocenters. The zero-order chi connectivity index (χ0) is 18.7. The summed E-state index contributed by atoms with van der Waals surface area (Å²) in [6.07, 6.45) is -4.27. The molecule has 0 spiro atoms. The van der Waals surface area contributed by atoms with E-state index in [4.69, 9.17) is 0 Å². The first-order valence-electron chi connectivity index (χ1n) is 7.73. The summed E-state index contributed by atoms with van der Waals surface area (Å²) in [5.74, 6) is -0.734. The van der Waals surface area contributed by atoms with Crippen LogP contribution in [0.2, 0.25) is 0 Å². The molecular weight excluding hydrogens is 415 g/mol. The molecule has 9 heteroatoms. The van der Waals surface area contributed by atoms with Crippen LogP contribution in [0.1, 0.15) is 18.0 Å². The smallest absolute Gasteiger partial charge is 0.406 e. The molecule has 0 bridgehead atoms. The summed E-state index contributed by atoms with van der Waals surface area (Å²) < 4.78 is 41.7. The number of hydrogen-bond donors (Lipinski definition) is 3. The van der Waals surface area contributed by atoms with Gasteiger partial charge in [-0.1, -0.05) is 34.1 Å². The first kappa shape index (κ1) is 18.7. The Morgan fingerprint density at radius 1 is 1.15 bits per heavy atom. The number of benzene rings is 2. The first-order chi connectivity index (χ1) is 12.3. The Kier molecular flexibility index (Phi) is 5.49. The fourth-order valence-electron chi connectivity index (χ4n) is 2.64. The lowest BCUT2D eigenvalue weighted by Gasteiger charge is -2.13. The fourth-order valence-corrected chi connectivity index (χ4v) is 2.91. The second-order valence-electron chi connectivity index (χ2n) is 5.75. The molecule has 1 saturated heterocycles. The molecular formula is C17H15BrF3N3O2. The molecule has 1 heterocycles. The monoisotopic (exact) mass is 429 g/mol. The molecule has 0 radical (unpaired) electrons. The maximum absolute atomic E-state index is 12.4. The van der Waals surface area contributed by atoms with Gasteiger partial charge in [0.1, 0.15) is 11.8 Å². The number of carbonyl (C=O) groups is 1. The van der Waals surface area contributed by atoms with Crippen molar-refractivity contribution in [2.75, 3.05) is 5.32 Å². The number of alkyl halides is 3. The Bertz CT molecular complexity index is 784. The summed E-state index contributed by atoms with van der Waals surface area (Å²) in [5, 5.41) is 2.59. The predicted octanol–water partition coefficient (Wildman–Crippen LogP) is 3.89. The van der Waals surface area contributed by atoms with Crippen LogP contribution in [0, 0.1) is 0 Å². The van der Waals surface area contributed by atoms with Crippen LogP contribution in [0.5, 0.6) is 5.75 Å². The fraction of sp³-hybridized carbons (Fsp3) is 0.235. The molecule has 138 valence electrons. The van der Waals surface area contributed by atoms with E-state index in [-0.39, 0.29) is 23.4 Å². The molecule has 2 unspecified atom stereocenters. The van der Waals surface area contributed by atoms with Crippen molar-refractivity contribution >= 4 is 27.5 Å². The van der Waals surface area contributed by atoms with Gasteiger partial charge in [0.25, 0.3) is 0 Å². The third-order valence-corrected chi connectivity index (χ3v) is 4.36. The third kappa shape index (κ3) is 4.96. The number of nitrogens with one attached hydrogen (secondary N) is 3. The summed E-state index contributed by atoms with van der Waals surface area (Å²) in [7, 11) is 0. The highest BCUT2D eigenvalue weighted by Crippen LogP contribution is 2.27. The van der Waals surface area contributed by atoms with Crippen LogP contribution < -0.4 is 20.9 Å². The molecule has 1 amide bonds. The van der Waals surface area contributed by atoms with Gasteiger partial charge in [0.05, 0.1) is 0 Å². The van der Waals surface area contributed by atoms with Gasteiger partial charge in [-0.3, -0.25) is 4.79 Å². The van der Waals surface area contributed by atoms with Gasteiger partial charge in [-0.25, -0.2) is 10.9 Å². The maximum Gasteiger partial charge on any atom is 0.573 e. The minimum Gasteiger partial charge on any atom is -0.406 e. The quantitative estimate of drug-likeness (QED) is 0.689. The van der Waals surface area contributed by atoms with Gasteiger partial charge in [-0.15, -0.1) is 13.2 Å². The SMILES string of the molecule is O=C(Nc1cccc(OC(F)(F)F)c1)C1CC(c2ccc(Br)cc2)NN1. The predicted molar refractivity (Wildman–Crippen MR) is 93.3 cm³/mol. The van der Waals surface area contributed by atoms with Crippen LogP contribution in [-0.2, 0) is 4.79 Å². The zero-order valence-corrected chi connectivity index (χ0v) is 14.9. The normalized spacial score (nSPS) is 20.0. The number of hydrogen-bond acceptors (Lipinski definition) is 4. The van der Waals surface area contributed by atoms with Gasteiger partial charge in [0.2, 0.25) is 5.91 Å². The van der Waals surface area contributed by atoms with Crippen molar-refractivity contribution in [3.05, 3.63) is 58.6 Å². The van der Waals surface area contributed by atoms with E-state index < -0.39 is 12.4 Å². The van der Waals surface area contributed by atoms with Crippen LogP contribution in [0.3, 0.4) is 0 Å². The lowest BCUT2D eigenvalue weighted by atomic mass is 10.0. The van der Waals surface area contributed by atoms with Crippen molar-refractivity contribution in [3.63, 3.8) is 0 Å². The van der Waals surface area contributed by atoms with Gasteiger partial charge >= 0.3 is 6.36 Å². The molecule has 1 aliphatic heterocycles. The molecule has 3 N–H and O–H groups in total. The van der Waals surface area contributed by atoms with Crippen molar-refractivity contribution in [1.82, 2.24) is 10.9 Å². The average Bonchev–Trinajstić information content (AvgIpc) is 3.04. The van der Waals surface area contributed by atoms with Crippen LogP contribution in [0.4, 0.5) is 18.9 Å². The number of amides is 1. The minimum atomic E-state index is -4.78. The number of ether oxygens (including phenoxy) is 1. The summed E-state index contributed by atoms with van der Waals surface area (Å²) in [5.41, 5.74) is 7.21. The second-order valence-corrected chi connectivity index (χ2v) is 6.66. The number of hydrazine groups is 1. The van der Waals surface area contributed by atoms with Crippen molar-refractivity contribution in [1.29, 1.82) is 0 Å². The molecule has 0 aromatic heterocycles.